The van der Waals surface area contributed by atoms with E-state index >= 15 is 0 Å². The molecule has 1 saturated carbocycles. The number of ether oxygens (including phenoxy) is 1. The molecule has 36 heavy (non-hydrogen) atoms. The highest BCUT2D eigenvalue weighted by molar-refractivity contribution is 5.57. The lowest BCUT2D eigenvalue weighted by Crippen LogP contribution is -2.33. The molecule has 0 atom stereocenters. The zero-order valence-electron chi connectivity index (χ0n) is 22.2. The third-order valence-electron chi connectivity index (χ3n) is 7.99. The maximum absolute atomic E-state index is 10.4. The molecule has 0 unspecified atom stereocenters. The highest BCUT2D eigenvalue weighted by Crippen LogP contribution is 2.41. The molecule has 0 saturated heterocycles. The van der Waals surface area contributed by atoms with Gasteiger partial charge in [0, 0.05) is 11.8 Å². The van der Waals surface area contributed by atoms with E-state index in [9.17, 15) is 5.11 Å². The van der Waals surface area contributed by atoms with Crippen LogP contribution < -0.4 is 4.74 Å². The number of rotatable bonds is 12. The summed E-state index contributed by atoms with van der Waals surface area (Å²) in [6.07, 6.45) is 11.7. The van der Waals surface area contributed by atoms with E-state index in [2.05, 4.69) is 90.8 Å². The van der Waals surface area contributed by atoms with Crippen molar-refractivity contribution in [3.05, 3.63) is 76.1 Å². The number of aromatic amines is 1. The first-order valence-corrected chi connectivity index (χ1v) is 13.4. The van der Waals surface area contributed by atoms with Crippen molar-refractivity contribution in [2.24, 2.45) is 0 Å². The van der Waals surface area contributed by atoms with E-state index in [-0.39, 0.29) is 5.41 Å². The van der Waals surface area contributed by atoms with E-state index in [0.29, 0.717) is 6.61 Å². The topological polar surface area (TPSA) is 83.9 Å². The van der Waals surface area contributed by atoms with Crippen molar-refractivity contribution in [3.8, 4) is 5.75 Å². The van der Waals surface area contributed by atoms with Crippen LogP contribution >= 0.6 is 0 Å². The molecule has 0 bridgehead atoms. The molecule has 1 aliphatic rings. The summed E-state index contributed by atoms with van der Waals surface area (Å²) in [5.41, 5.74) is 5.63. The maximum Gasteiger partial charge on any atom is 0.174 e. The standard InChI is InChI=1S/C30H40N4O2/c1-5-30(6-2,25-12-11-24(22(3)20-25)15-18-29(35)16-9-17-29)26-13-14-27(23(4)21-26)36-19-8-7-10-28-31-33-34-32-28/h11-15,18,20-21,35H,5-10,16-17,19H2,1-4H3,(H,31,32,33,34)/b18-15+. The maximum atomic E-state index is 10.4. The number of H-pyrrole nitrogens is 1. The van der Waals surface area contributed by atoms with Crippen LogP contribution in [0, 0.1) is 13.8 Å². The first-order valence-electron chi connectivity index (χ1n) is 13.4. The fourth-order valence-corrected chi connectivity index (χ4v) is 5.31. The quantitative estimate of drug-likeness (QED) is 0.294. The monoisotopic (exact) mass is 488 g/mol. The van der Waals surface area contributed by atoms with E-state index in [1.807, 2.05) is 6.08 Å². The average Bonchev–Trinajstić information content (AvgIpc) is 3.38. The summed E-state index contributed by atoms with van der Waals surface area (Å²) in [6, 6.07) is 13.5. The molecular formula is C30H40N4O2. The summed E-state index contributed by atoms with van der Waals surface area (Å²) in [7, 11) is 0. The number of aliphatic hydroxyl groups is 1. The first kappa shape index (κ1) is 26.1. The normalized spacial score (nSPS) is 15.2. The van der Waals surface area contributed by atoms with Crippen molar-refractivity contribution >= 4 is 6.08 Å². The summed E-state index contributed by atoms with van der Waals surface area (Å²) in [4.78, 5) is 0. The van der Waals surface area contributed by atoms with Crippen molar-refractivity contribution in [3.63, 3.8) is 0 Å². The van der Waals surface area contributed by atoms with E-state index < -0.39 is 5.60 Å². The van der Waals surface area contributed by atoms with Crippen LogP contribution in [0.15, 0.2) is 42.5 Å². The molecule has 2 N–H and O–H groups in total. The van der Waals surface area contributed by atoms with Gasteiger partial charge in [0.25, 0.3) is 0 Å². The van der Waals surface area contributed by atoms with Crippen molar-refractivity contribution in [1.82, 2.24) is 20.6 Å². The lowest BCUT2D eigenvalue weighted by atomic mass is 9.70. The number of aromatic nitrogens is 4. The van der Waals surface area contributed by atoms with Gasteiger partial charge < -0.3 is 9.84 Å². The van der Waals surface area contributed by atoms with Crippen molar-refractivity contribution < 1.29 is 9.84 Å². The lowest BCUT2D eigenvalue weighted by molar-refractivity contribution is 0.0150. The van der Waals surface area contributed by atoms with Gasteiger partial charge in [-0.15, -0.1) is 10.2 Å². The second kappa shape index (κ2) is 11.4. The Labute approximate surface area is 215 Å². The number of tetrazole rings is 1. The Morgan fingerprint density at radius 3 is 2.33 bits per heavy atom. The number of nitrogens with one attached hydrogen (secondary N) is 1. The minimum atomic E-state index is -0.600. The van der Waals surface area contributed by atoms with Crippen molar-refractivity contribution in [2.45, 2.75) is 90.1 Å². The predicted octanol–water partition coefficient (Wildman–Crippen LogP) is 6.25. The fourth-order valence-electron chi connectivity index (χ4n) is 5.31. The summed E-state index contributed by atoms with van der Waals surface area (Å²) in [5, 5.41) is 24.5. The summed E-state index contributed by atoms with van der Waals surface area (Å²) < 4.78 is 6.11. The Hall–Kier alpha value is -2.99. The SMILES string of the molecule is CCC(CC)(c1ccc(/C=C/C2(O)CCC2)c(C)c1)c1ccc(OCCCCc2nn[nH]n2)c(C)c1. The summed E-state index contributed by atoms with van der Waals surface area (Å²) >= 11 is 0. The molecular weight excluding hydrogens is 448 g/mol. The summed E-state index contributed by atoms with van der Waals surface area (Å²) in [6.45, 7) is 9.54. The zero-order chi connectivity index (χ0) is 25.6. The van der Waals surface area contributed by atoms with Gasteiger partial charge in [0.05, 0.1) is 12.2 Å². The molecule has 4 rings (SSSR count). The van der Waals surface area contributed by atoms with Gasteiger partial charge in [-0.25, -0.2) is 0 Å². The number of hydrogen-bond acceptors (Lipinski definition) is 5. The molecule has 1 fully saturated rings. The fraction of sp³-hybridized carbons (Fsp3) is 0.500. The molecule has 192 valence electrons. The predicted molar refractivity (Wildman–Crippen MR) is 144 cm³/mol. The van der Waals surface area contributed by atoms with E-state index in [1.54, 1.807) is 0 Å². The Kier molecular flexibility index (Phi) is 8.24. The molecule has 1 heterocycles. The van der Waals surface area contributed by atoms with Gasteiger partial charge in [0.1, 0.15) is 5.75 Å². The van der Waals surface area contributed by atoms with Crippen LogP contribution in [0.5, 0.6) is 5.75 Å². The molecule has 0 spiro atoms. The number of hydrogen-bond donors (Lipinski definition) is 2. The second-order valence-electron chi connectivity index (χ2n) is 10.3. The summed E-state index contributed by atoms with van der Waals surface area (Å²) in [5.74, 6) is 1.70. The van der Waals surface area contributed by atoms with Crippen molar-refractivity contribution in [2.75, 3.05) is 6.61 Å². The molecule has 6 nitrogen and oxygen atoms in total. The van der Waals surface area contributed by atoms with Crippen molar-refractivity contribution in [1.29, 1.82) is 0 Å². The number of benzene rings is 2. The lowest BCUT2D eigenvalue weighted by Gasteiger charge is -2.34. The van der Waals surface area contributed by atoms with E-state index in [1.165, 1.54) is 27.8 Å². The highest BCUT2D eigenvalue weighted by Gasteiger charge is 2.32. The number of unbranched alkanes of at least 4 members (excludes halogenated alkanes) is 1. The molecule has 0 radical (unpaired) electrons. The largest absolute Gasteiger partial charge is 0.493 e. The molecule has 1 aromatic heterocycles. The Balaban J connectivity index is 1.46. The average molecular weight is 489 g/mol. The molecule has 6 heteroatoms. The Morgan fingerprint density at radius 1 is 1.03 bits per heavy atom. The van der Waals surface area contributed by atoms with Gasteiger partial charge in [-0.1, -0.05) is 61.5 Å². The highest BCUT2D eigenvalue weighted by atomic mass is 16.5. The Morgan fingerprint density at radius 2 is 1.75 bits per heavy atom. The zero-order valence-corrected chi connectivity index (χ0v) is 22.2. The van der Waals surface area contributed by atoms with Crippen LogP contribution in [0.3, 0.4) is 0 Å². The minimum Gasteiger partial charge on any atom is -0.493 e. The number of nitrogens with zero attached hydrogens (tertiary/aromatic N) is 3. The van der Waals surface area contributed by atoms with Crippen LogP contribution in [0.1, 0.15) is 92.4 Å². The van der Waals surface area contributed by atoms with E-state index in [4.69, 9.17) is 4.74 Å². The van der Waals surface area contributed by atoms with Gasteiger partial charge in [0.2, 0.25) is 0 Å². The second-order valence-corrected chi connectivity index (χ2v) is 10.3. The van der Waals surface area contributed by atoms with Gasteiger partial charge in [-0.3, -0.25) is 0 Å². The Bertz CT molecular complexity index is 1160. The molecule has 0 aliphatic heterocycles. The molecule has 0 amide bonds. The third kappa shape index (κ3) is 5.70. The molecule has 1 aliphatic carbocycles. The third-order valence-corrected chi connectivity index (χ3v) is 7.99. The van der Waals surface area contributed by atoms with Crippen LogP contribution in [-0.2, 0) is 11.8 Å². The van der Waals surface area contributed by atoms with Gasteiger partial charge in [-0.05, 0) is 92.7 Å². The first-order chi connectivity index (χ1) is 17.4. The van der Waals surface area contributed by atoms with Crippen LogP contribution in [-0.4, -0.2) is 37.9 Å². The smallest absolute Gasteiger partial charge is 0.174 e. The minimum absolute atomic E-state index is 0.0485. The van der Waals surface area contributed by atoms with Gasteiger partial charge in [-0.2, -0.15) is 5.21 Å². The molecule has 2 aromatic carbocycles. The molecule has 3 aromatic rings. The van der Waals surface area contributed by atoms with E-state index in [0.717, 1.165) is 62.9 Å². The van der Waals surface area contributed by atoms with Gasteiger partial charge >= 0.3 is 0 Å². The van der Waals surface area contributed by atoms with Gasteiger partial charge in [0.15, 0.2) is 5.82 Å². The van der Waals surface area contributed by atoms with Crippen LogP contribution in [0.4, 0.5) is 0 Å². The van der Waals surface area contributed by atoms with Crippen LogP contribution in [0.25, 0.3) is 6.08 Å². The number of aryl methyl sites for hydroxylation is 3. The van der Waals surface area contributed by atoms with Crippen LogP contribution in [0.2, 0.25) is 0 Å².